The van der Waals surface area contributed by atoms with Crippen molar-refractivity contribution >= 4 is 42.2 Å². The third kappa shape index (κ3) is 7.94. The summed E-state index contributed by atoms with van der Waals surface area (Å²) in [5.74, 6) is -1.78. The lowest BCUT2D eigenvalue weighted by Crippen LogP contribution is -2.59. The van der Waals surface area contributed by atoms with Gasteiger partial charge in [-0.2, -0.15) is 0 Å². The van der Waals surface area contributed by atoms with Gasteiger partial charge in [-0.1, -0.05) is 62.7 Å². The topological polar surface area (TPSA) is 125 Å². The lowest BCUT2D eigenvalue weighted by atomic mass is 10.00. The molecule has 0 saturated carbocycles. The Morgan fingerprint density at radius 3 is 2.08 bits per heavy atom. The Kier molecular flexibility index (Phi) is 10.9. The first kappa shape index (κ1) is 30.9. The Morgan fingerprint density at radius 2 is 1.50 bits per heavy atom. The van der Waals surface area contributed by atoms with E-state index >= 15 is 0 Å². The first-order valence-corrected chi connectivity index (χ1v) is 14.1. The third-order valence-electron chi connectivity index (χ3n) is 6.74. The van der Waals surface area contributed by atoms with E-state index in [1.165, 1.54) is 11.9 Å². The Hall–Kier alpha value is -3.66. The summed E-state index contributed by atoms with van der Waals surface area (Å²) in [5, 5.41) is 8.13. The van der Waals surface area contributed by atoms with Gasteiger partial charge in [0.1, 0.15) is 6.04 Å². The first-order valence-electron chi connectivity index (χ1n) is 13.6. The van der Waals surface area contributed by atoms with Crippen molar-refractivity contribution in [3.8, 4) is 0 Å². The molecular weight excluding hydrogens is 528 g/mol. The van der Waals surface area contributed by atoms with Gasteiger partial charge in [0.05, 0.1) is 11.1 Å². The summed E-state index contributed by atoms with van der Waals surface area (Å²) >= 11 is 4.60. The predicted molar refractivity (Wildman–Crippen MR) is 156 cm³/mol. The first-order chi connectivity index (χ1) is 19.1. The van der Waals surface area contributed by atoms with Gasteiger partial charge in [-0.15, -0.1) is 12.6 Å². The van der Waals surface area contributed by atoms with Gasteiger partial charge in [0.25, 0.3) is 17.7 Å². The van der Waals surface area contributed by atoms with Gasteiger partial charge in [0.2, 0.25) is 11.8 Å². The van der Waals surface area contributed by atoms with E-state index in [1.807, 2.05) is 44.2 Å². The molecule has 40 heavy (non-hydrogen) atoms. The van der Waals surface area contributed by atoms with Crippen LogP contribution in [0.25, 0.3) is 0 Å². The Labute approximate surface area is 240 Å². The highest BCUT2D eigenvalue weighted by Gasteiger charge is 2.39. The quantitative estimate of drug-likeness (QED) is 0.121. The molecule has 0 spiro atoms. The summed E-state index contributed by atoms with van der Waals surface area (Å²) in [5.41, 5.74) is 1.72. The molecule has 0 aliphatic carbocycles. The number of nitrogens with zero attached hydrogens (tertiary/aromatic N) is 1. The maximum absolute atomic E-state index is 13.4. The van der Waals surface area contributed by atoms with Crippen LogP contribution >= 0.6 is 12.6 Å². The number of carbonyl (C=O) groups is 5. The lowest BCUT2D eigenvalue weighted by molar-refractivity contribution is -0.133. The SMILES string of the molecule is CNC(=O)[C@H](Cc1ccccc1)NC(=O)[C@](S)(CC(C)C)NC(=O)CCCCCN1C(=O)c2ccccc2C1=O. The molecule has 0 saturated heterocycles. The molecule has 0 radical (unpaired) electrons. The number of carbonyl (C=O) groups excluding carboxylic acids is 5. The Balaban J connectivity index is 1.53. The van der Waals surface area contributed by atoms with Gasteiger partial charge in [0, 0.05) is 26.4 Å². The molecule has 2 aromatic rings. The van der Waals surface area contributed by atoms with E-state index in [4.69, 9.17) is 0 Å². The van der Waals surface area contributed by atoms with E-state index < -0.39 is 16.8 Å². The van der Waals surface area contributed by atoms with E-state index in [-0.39, 0.29) is 48.9 Å². The number of benzene rings is 2. The average molecular weight is 567 g/mol. The molecule has 0 aromatic heterocycles. The number of thiol groups is 1. The second-order valence-corrected chi connectivity index (χ2v) is 11.2. The van der Waals surface area contributed by atoms with Gasteiger partial charge in [-0.25, -0.2) is 0 Å². The van der Waals surface area contributed by atoms with Crippen LogP contribution in [0.1, 0.15) is 72.2 Å². The van der Waals surface area contributed by atoms with Crippen molar-refractivity contribution in [1.82, 2.24) is 20.9 Å². The summed E-state index contributed by atoms with van der Waals surface area (Å²) in [6.45, 7) is 4.12. The summed E-state index contributed by atoms with van der Waals surface area (Å²) in [6, 6.07) is 15.3. The second-order valence-electron chi connectivity index (χ2n) is 10.5. The molecule has 0 unspecified atom stereocenters. The van der Waals surface area contributed by atoms with Gasteiger partial charge < -0.3 is 16.0 Å². The molecule has 1 heterocycles. The van der Waals surface area contributed by atoms with Crippen molar-refractivity contribution in [1.29, 1.82) is 0 Å². The van der Waals surface area contributed by atoms with E-state index in [0.717, 1.165) is 5.56 Å². The molecule has 0 fully saturated rings. The van der Waals surface area contributed by atoms with E-state index in [1.54, 1.807) is 24.3 Å². The number of nitrogens with one attached hydrogen (secondary N) is 3. The van der Waals surface area contributed by atoms with Crippen molar-refractivity contribution in [3.63, 3.8) is 0 Å². The normalized spacial score (nSPS) is 14.9. The van der Waals surface area contributed by atoms with E-state index in [9.17, 15) is 24.0 Å². The van der Waals surface area contributed by atoms with Gasteiger partial charge in [-0.05, 0) is 42.9 Å². The van der Waals surface area contributed by atoms with Crippen molar-refractivity contribution in [2.24, 2.45) is 5.92 Å². The van der Waals surface area contributed by atoms with Crippen LogP contribution < -0.4 is 16.0 Å². The molecule has 1 aliphatic heterocycles. The maximum Gasteiger partial charge on any atom is 0.261 e. The molecule has 214 valence electrons. The van der Waals surface area contributed by atoms with Crippen LogP contribution in [0.5, 0.6) is 0 Å². The van der Waals surface area contributed by atoms with E-state index in [2.05, 4.69) is 28.6 Å². The molecule has 5 amide bonds. The number of rotatable bonds is 14. The summed E-state index contributed by atoms with van der Waals surface area (Å²) < 4.78 is 0. The van der Waals surface area contributed by atoms with Crippen molar-refractivity contribution in [2.45, 2.75) is 63.3 Å². The number of amides is 5. The minimum atomic E-state index is -1.51. The Morgan fingerprint density at radius 1 is 0.900 bits per heavy atom. The number of imide groups is 1. The molecule has 9 nitrogen and oxygen atoms in total. The zero-order valence-corrected chi connectivity index (χ0v) is 24.1. The average Bonchev–Trinajstić information content (AvgIpc) is 3.16. The zero-order chi connectivity index (χ0) is 29.3. The number of fused-ring (bicyclic) bond motifs is 1. The molecular formula is C30H38N4O5S. The summed E-state index contributed by atoms with van der Waals surface area (Å²) in [4.78, 5) is 63.5. The van der Waals surface area contributed by atoms with Crippen molar-refractivity contribution < 1.29 is 24.0 Å². The molecule has 0 bridgehead atoms. The fourth-order valence-electron chi connectivity index (χ4n) is 4.77. The Bertz CT molecular complexity index is 1200. The van der Waals surface area contributed by atoms with E-state index in [0.29, 0.717) is 36.8 Å². The molecule has 3 N–H and O–H groups in total. The highest BCUT2D eigenvalue weighted by Crippen LogP contribution is 2.24. The van der Waals surface area contributed by atoms with Gasteiger partial charge >= 0.3 is 0 Å². The van der Waals surface area contributed by atoms with Crippen molar-refractivity contribution in [2.75, 3.05) is 13.6 Å². The second kappa shape index (κ2) is 14.1. The molecule has 1 aliphatic rings. The monoisotopic (exact) mass is 566 g/mol. The van der Waals surface area contributed by atoms with Crippen LogP contribution in [0, 0.1) is 5.92 Å². The van der Waals surface area contributed by atoms with Crippen LogP contribution in [0.2, 0.25) is 0 Å². The summed E-state index contributed by atoms with van der Waals surface area (Å²) in [6.07, 6.45) is 2.39. The molecule has 2 aromatic carbocycles. The lowest BCUT2D eigenvalue weighted by Gasteiger charge is -2.32. The smallest absolute Gasteiger partial charge is 0.261 e. The van der Waals surface area contributed by atoms with Crippen LogP contribution in [-0.2, 0) is 20.8 Å². The standard InChI is InChI=1S/C30H38N4O5S/c1-20(2)19-30(40,29(39)32-24(26(36)31-3)18-21-12-6-4-7-13-21)33-25(35)16-8-5-11-17-34-27(37)22-14-9-10-15-23(22)28(34)38/h4,6-7,9-10,12-15,20,24,40H,5,8,11,16-19H2,1-3H3,(H,31,36)(H,32,39)(H,33,35)/t24-,30+/m0/s1. The van der Waals surface area contributed by atoms with Crippen LogP contribution in [0.15, 0.2) is 54.6 Å². The summed E-state index contributed by atoms with van der Waals surface area (Å²) in [7, 11) is 1.50. The number of hydrogen-bond donors (Lipinski definition) is 4. The largest absolute Gasteiger partial charge is 0.357 e. The van der Waals surface area contributed by atoms with Crippen LogP contribution in [-0.4, -0.2) is 58.9 Å². The fourth-order valence-corrected chi connectivity index (χ4v) is 5.32. The van der Waals surface area contributed by atoms with Gasteiger partial charge in [0.15, 0.2) is 4.87 Å². The van der Waals surface area contributed by atoms with Gasteiger partial charge in [-0.3, -0.25) is 28.9 Å². The van der Waals surface area contributed by atoms with Crippen LogP contribution in [0.3, 0.4) is 0 Å². The molecule has 2 atom stereocenters. The number of unbranched alkanes of at least 4 members (excludes halogenated alkanes) is 2. The highest BCUT2D eigenvalue weighted by atomic mass is 32.1. The fraction of sp³-hybridized carbons (Fsp3) is 0.433. The predicted octanol–water partition coefficient (Wildman–Crippen LogP) is 3.10. The number of likely N-dealkylation sites (N-methyl/N-ethyl adjacent to an activating group) is 1. The third-order valence-corrected chi connectivity index (χ3v) is 7.24. The maximum atomic E-state index is 13.4. The minimum absolute atomic E-state index is 0.0378. The molecule has 3 rings (SSSR count). The van der Waals surface area contributed by atoms with Crippen molar-refractivity contribution in [3.05, 3.63) is 71.3 Å². The zero-order valence-electron chi connectivity index (χ0n) is 23.2. The van der Waals surface area contributed by atoms with Crippen LogP contribution in [0.4, 0.5) is 0 Å². The minimum Gasteiger partial charge on any atom is -0.357 e. The highest BCUT2D eigenvalue weighted by molar-refractivity contribution is 7.82. The number of hydrogen-bond acceptors (Lipinski definition) is 6. The molecule has 10 heteroatoms.